The van der Waals surface area contributed by atoms with E-state index in [1.54, 1.807) is 0 Å². The van der Waals surface area contributed by atoms with Crippen LogP contribution < -0.4 is 0 Å². The molecule has 0 fully saturated rings. The first-order valence-electron chi connectivity index (χ1n) is 5.90. The first-order chi connectivity index (χ1) is 8.00. The minimum absolute atomic E-state index is 0.241. The third-order valence-corrected chi connectivity index (χ3v) is 2.52. The third-order valence-electron chi connectivity index (χ3n) is 2.52. The van der Waals surface area contributed by atoms with Gasteiger partial charge in [0.2, 0.25) is 0 Å². The predicted molar refractivity (Wildman–Crippen MR) is 70.8 cm³/mol. The molecule has 0 radical (unpaired) electrons. The summed E-state index contributed by atoms with van der Waals surface area (Å²) in [6.45, 7) is 8.11. The normalized spacial score (nSPS) is 11.7. The Labute approximate surface area is 103 Å². The van der Waals surface area contributed by atoms with Gasteiger partial charge in [-0.3, -0.25) is 4.79 Å². The zero-order chi connectivity index (χ0) is 12.8. The van der Waals surface area contributed by atoms with Crippen molar-refractivity contribution >= 4 is 12.0 Å². The Bertz CT molecular complexity index is 417. The summed E-state index contributed by atoms with van der Waals surface area (Å²) in [7, 11) is 0. The summed E-state index contributed by atoms with van der Waals surface area (Å²) in [6.07, 6.45) is 2.08. The van der Waals surface area contributed by atoms with Gasteiger partial charge >= 0.3 is 5.97 Å². The molecule has 0 aliphatic rings. The summed E-state index contributed by atoms with van der Waals surface area (Å²) in [6, 6.07) is 8.30. The highest BCUT2D eigenvalue weighted by molar-refractivity contribution is 5.66. The molecule has 0 aliphatic heterocycles. The lowest BCUT2D eigenvalue weighted by Gasteiger charge is -2.10. The lowest BCUT2D eigenvalue weighted by molar-refractivity contribution is -0.139. The SMILES string of the molecule is CC(=O)OCC(C)=Cc1ccccc1C(C)C. The molecular weight excluding hydrogens is 212 g/mol. The minimum atomic E-state index is -0.241. The van der Waals surface area contributed by atoms with Crippen LogP contribution in [-0.2, 0) is 9.53 Å². The third kappa shape index (κ3) is 4.43. The van der Waals surface area contributed by atoms with Gasteiger partial charge in [-0.15, -0.1) is 0 Å². The van der Waals surface area contributed by atoms with Crippen LogP contribution in [0.5, 0.6) is 0 Å². The van der Waals surface area contributed by atoms with E-state index in [-0.39, 0.29) is 5.97 Å². The highest BCUT2D eigenvalue weighted by atomic mass is 16.5. The van der Waals surface area contributed by atoms with Gasteiger partial charge in [0, 0.05) is 6.92 Å². The Morgan fingerprint density at radius 1 is 1.29 bits per heavy atom. The van der Waals surface area contributed by atoms with E-state index in [0.717, 1.165) is 5.57 Å². The topological polar surface area (TPSA) is 26.3 Å². The molecule has 0 aromatic heterocycles. The summed E-state index contributed by atoms with van der Waals surface area (Å²) in [5, 5.41) is 0. The van der Waals surface area contributed by atoms with Crippen LogP contribution in [0.15, 0.2) is 29.8 Å². The van der Waals surface area contributed by atoms with Crippen LogP contribution in [0.25, 0.3) is 6.08 Å². The van der Waals surface area contributed by atoms with E-state index < -0.39 is 0 Å². The minimum Gasteiger partial charge on any atom is -0.461 e. The van der Waals surface area contributed by atoms with Crippen LogP contribution in [0.1, 0.15) is 44.7 Å². The van der Waals surface area contributed by atoms with Crippen LogP contribution >= 0.6 is 0 Å². The van der Waals surface area contributed by atoms with Crippen LogP contribution in [0.3, 0.4) is 0 Å². The molecule has 0 spiro atoms. The quantitative estimate of drug-likeness (QED) is 0.738. The van der Waals surface area contributed by atoms with Gasteiger partial charge in [0.1, 0.15) is 6.61 Å². The van der Waals surface area contributed by atoms with Gasteiger partial charge in [0.15, 0.2) is 0 Å². The molecule has 92 valence electrons. The predicted octanol–water partition coefficient (Wildman–Crippen LogP) is 3.78. The van der Waals surface area contributed by atoms with Crippen LogP contribution in [0, 0.1) is 0 Å². The lowest BCUT2D eigenvalue weighted by atomic mass is 9.96. The van der Waals surface area contributed by atoms with Gasteiger partial charge in [-0.2, -0.15) is 0 Å². The number of ether oxygens (including phenoxy) is 1. The summed E-state index contributed by atoms with van der Waals surface area (Å²) in [4.78, 5) is 10.7. The van der Waals surface area contributed by atoms with Gasteiger partial charge in [-0.05, 0) is 29.5 Å². The maximum absolute atomic E-state index is 10.7. The highest BCUT2D eigenvalue weighted by Crippen LogP contribution is 2.21. The zero-order valence-electron chi connectivity index (χ0n) is 11.0. The second-order valence-corrected chi connectivity index (χ2v) is 4.55. The first kappa shape index (κ1) is 13.5. The Morgan fingerprint density at radius 3 is 2.53 bits per heavy atom. The maximum Gasteiger partial charge on any atom is 0.302 e. The fraction of sp³-hybridized carbons (Fsp3) is 0.400. The Balaban J connectivity index is 2.85. The van der Waals surface area contributed by atoms with Gasteiger partial charge in [0.25, 0.3) is 0 Å². The van der Waals surface area contributed by atoms with Crippen LogP contribution in [0.2, 0.25) is 0 Å². The largest absolute Gasteiger partial charge is 0.461 e. The lowest BCUT2D eigenvalue weighted by Crippen LogP contribution is -2.01. The average molecular weight is 232 g/mol. The summed E-state index contributed by atoms with van der Waals surface area (Å²) in [5.41, 5.74) is 3.56. The van der Waals surface area contributed by atoms with Crippen molar-refractivity contribution < 1.29 is 9.53 Å². The van der Waals surface area contributed by atoms with Crippen LogP contribution in [0.4, 0.5) is 0 Å². The van der Waals surface area contributed by atoms with E-state index in [1.165, 1.54) is 18.1 Å². The molecule has 2 nitrogen and oxygen atoms in total. The van der Waals surface area contributed by atoms with Crippen molar-refractivity contribution in [2.24, 2.45) is 0 Å². The molecule has 1 aromatic rings. The smallest absolute Gasteiger partial charge is 0.302 e. The fourth-order valence-electron chi connectivity index (χ4n) is 1.69. The van der Waals surface area contributed by atoms with E-state index in [9.17, 15) is 4.79 Å². The second-order valence-electron chi connectivity index (χ2n) is 4.55. The molecule has 0 bridgehead atoms. The molecule has 0 amide bonds. The van der Waals surface area contributed by atoms with Crippen molar-refractivity contribution in [1.29, 1.82) is 0 Å². The monoisotopic (exact) mass is 232 g/mol. The molecule has 0 saturated heterocycles. The molecule has 0 aliphatic carbocycles. The van der Waals surface area contributed by atoms with Crippen molar-refractivity contribution in [2.45, 2.75) is 33.6 Å². The van der Waals surface area contributed by atoms with Gasteiger partial charge in [-0.1, -0.05) is 44.2 Å². The van der Waals surface area contributed by atoms with Crippen LogP contribution in [-0.4, -0.2) is 12.6 Å². The molecule has 2 heteroatoms. The summed E-state index contributed by atoms with van der Waals surface area (Å²) < 4.78 is 4.97. The zero-order valence-corrected chi connectivity index (χ0v) is 11.0. The van der Waals surface area contributed by atoms with E-state index in [2.05, 4.69) is 32.1 Å². The number of carbonyl (C=O) groups excluding carboxylic acids is 1. The number of hydrogen-bond donors (Lipinski definition) is 0. The van der Waals surface area contributed by atoms with E-state index in [4.69, 9.17) is 4.74 Å². The molecule has 0 atom stereocenters. The molecular formula is C15H20O2. The van der Waals surface area contributed by atoms with Crippen molar-refractivity contribution in [3.05, 3.63) is 41.0 Å². The number of hydrogen-bond acceptors (Lipinski definition) is 2. The summed E-state index contributed by atoms with van der Waals surface area (Å²) >= 11 is 0. The average Bonchev–Trinajstić information content (AvgIpc) is 2.27. The van der Waals surface area contributed by atoms with E-state index in [1.807, 2.05) is 19.1 Å². The standard InChI is InChI=1S/C15H20O2/c1-11(2)15-8-6-5-7-14(15)9-12(3)10-17-13(4)16/h5-9,11H,10H2,1-4H3. The van der Waals surface area contributed by atoms with Crippen molar-refractivity contribution in [3.63, 3.8) is 0 Å². The van der Waals surface area contributed by atoms with Crippen molar-refractivity contribution in [3.8, 4) is 0 Å². The summed E-state index contributed by atoms with van der Waals surface area (Å²) in [5.74, 6) is 0.249. The maximum atomic E-state index is 10.7. The Hall–Kier alpha value is -1.57. The molecule has 0 saturated carbocycles. The number of rotatable bonds is 4. The second kappa shape index (κ2) is 6.24. The van der Waals surface area contributed by atoms with Gasteiger partial charge < -0.3 is 4.74 Å². The first-order valence-corrected chi connectivity index (χ1v) is 5.90. The Morgan fingerprint density at radius 2 is 1.94 bits per heavy atom. The van der Waals surface area contributed by atoms with Gasteiger partial charge in [0.05, 0.1) is 0 Å². The fourth-order valence-corrected chi connectivity index (χ4v) is 1.69. The molecule has 1 aromatic carbocycles. The molecule has 0 unspecified atom stereocenters. The number of benzene rings is 1. The highest BCUT2D eigenvalue weighted by Gasteiger charge is 2.04. The molecule has 0 N–H and O–H groups in total. The van der Waals surface area contributed by atoms with Crippen molar-refractivity contribution in [2.75, 3.05) is 6.61 Å². The van der Waals surface area contributed by atoms with Gasteiger partial charge in [-0.25, -0.2) is 0 Å². The molecule has 17 heavy (non-hydrogen) atoms. The Kier molecular flexibility index (Phi) is 4.95. The number of esters is 1. The van der Waals surface area contributed by atoms with E-state index in [0.29, 0.717) is 12.5 Å². The molecule has 1 rings (SSSR count). The van der Waals surface area contributed by atoms with Crippen molar-refractivity contribution in [1.82, 2.24) is 0 Å². The van der Waals surface area contributed by atoms with E-state index >= 15 is 0 Å². The molecule has 0 heterocycles. The number of carbonyl (C=O) groups is 1.